The molecule has 104 valence electrons. The van der Waals surface area contributed by atoms with Gasteiger partial charge in [-0.15, -0.1) is 11.3 Å². The number of hydrogen-bond acceptors (Lipinski definition) is 4. The van der Waals surface area contributed by atoms with Gasteiger partial charge in [0.2, 0.25) is 5.91 Å². The predicted molar refractivity (Wildman–Crippen MR) is 74.1 cm³/mol. The molecule has 2 heterocycles. The fraction of sp³-hybridized carbons (Fsp3) is 0.500. The smallest absolute Gasteiger partial charge is 0.335 e. The van der Waals surface area contributed by atoms with Crippen LogP contribution in [0.15, 0.2) is 15.9 Å². The molecule has 2 N–H and O–H groups in total. The largest absolute Gasteiger partial charge is 0.479 e. The van der Waals surface area contributed by atoms with Crippen LogP contribution < -0.4 is 0 Å². The summed E-state index contributed by atoms with van der Waals surface area (Å²) in [4.78, 5) is 25.5. The standard InChI is InChI=1S/C12H14BrNO4S/c13-9-2-1-8(19-9)7-10(15)14-5-3-12(18,4-6-14)11(16)17/h1-2,18H,3-7H2,(H,16,17). The van der Waals surface area contributed by atoms with Crippen LogP contribution in [0, 0.1) is 0 Å². The molecule has 0 unspecified atom stereocenters. The van der Waals surface area contributed by atoms with E-state index in [-0.39, 0.29) is 31.8 Å². The van der Waals surface area contributed by atoms with Crippen molar-refractivity contribution < 1.29 is 19.8 Å². The molecule has 19 heavy (non-hydrogen) atoms. The summed E-state index contributed by atoms with van der Waals surface area (Å²) < 4.78 is 0.981. The van der Waals surface area contributed by atoms with Crippen molar-refractivity contribution >= 4 is 39.1 Å². The van der Waals surface area contributed by atoms with Crippen LogP contribution in [0.5, 0.6) is 0 Å². The number of rotatable bonds is 3. The summed E-state index contributed by atoms with van der Waals surface area (Å²) in [5.74, 6) is -1.23. The first-order valence-corrected chi connectivity index (χ1v) is 7.49. The molecular formula is C12H14BrNO4S. The number of carbonyl (C=O) groups excluding carboxylic acids is 1. The Labute approximate surface area is 123 Å². The molecule has 7 heteroatoms. The van der Waals surface area contributed by atoms with Crippen molar-refractivity contribution in [1.29, 1.82) is 0 Å². The van der Waals surface area contributed by atoms with E-state index < -0.39 is 11.6 Å². The summed E-state index contributed by atoms with van der Waals surface area (Å²) in [6.45, 7) is 0.572. The Morgan fingerprint density at radius 2 is 2.00 bits per heavy atom. The molecule has 5 nitrogen and oxygen atoms in total. The number of carbonyl (C=O) groups is 2. The molecule has 0 atom stereocenters. The zero-order valence-corrected chi connectivity index (χ0v) is 12.5. The molecular weight excluding hydrogens is 334 g/mol. The SMILES string of the molecule is O=C(Cc1ccc(Br)s1)N1CCC(O)(C(=O)O)CC1. The highest BCUT2D eigenvalue weighted by atomic mass is 79.9. The summed E-state index contributed by atoms with van der Waals surface area (Å²) in [6.07, 6.45) is 0.492. The zero-order valence-electron chi connectivity index (χ0n) is 10.1. The van der Waals surface area contributed by atoms with E-state index in [2.05, 4.69) is 15.9 Å². The molecule has 0 bridgehead atoms. The van der Waals surface area contributed by atoms with E-state index in [4.69, 9.17) is 5.11 Å². The number of carboxylic acids is 1. The Morgan fingerprint density at radius 1 is 1.37 bits per heavy atom. The van der Waals surface area contributed by atoms with E-state index in [9.17, 15) is 14.7 Å². The average molecular weight is 348 g/mol. The Kier molecular flexibility index (Phi) is 4.27. The topological polar surface area (TPSA) is 77.8 Å². The van der Waals surface area contributed by atoms with Crippen molar-refractivity contribution in [2.45, 2.75) is 24.9 Å². The molecule has 1 aromatic heterocycles. The molecule has 1 fully saturated rings. The lowest BCUT2D eigenvalue weighted by Gasteiger charge is -2.35. The van der Waals surface area contributed by atoms with E-state index in [1.165, 1.54) is 11.3 Å². The second kappa shape index (κ2) is 5.60. The molecule has 1 aliphatic rings. The number of aliphatic carboxylic acids is 1. The van der Waals surface area contributed by atoms with E-state index >= 15 is 0 Å². The highest BCUT2D eigenvalue weighted by molar-refractivity contribution is 9.11. The van der Waals surface area contributed by atoms with E-state index in [0.29, 0.717) is 6.42 Å². The molecule has 1 saturated heterocycles. The third-order valence-corrected chi connectivity index (χ3v) is 4.92. The van der Waals surface area contributed by atoms with Gasteiger partial charge in [-0.1, -0.05) is 0 Å². The molecule has 1 aromatic rings. The summed E-state index contributed by atoms with van der Waals surface area (Å²) in [5.41, 5.74) is -1.68. The van der Waals surface area contributed by atoms with Gasteiger partial charge in [0.25, 0.3) is 0 Å². The van der Waals surface area contributed by atoms with Crippen LogP contribution in [-0.4, -0.2) is 45.7 Å². The minimum absolute atomic E-state index is 0.0261. The number of nitrogens with zero attached hydrogens (tertiary/aromatic N) is 1. The van der Waals surface area contributed by atoms with Gasteiger partial charge in [0.05, 0.1) is 10.2 Å². The van der Waals surface area contributed by atoms with E-state index in [1.54, 1.807) is 4.90 Å². The van der Waals surface area contributed by atoms with Crippen LogP contribution in [0.4, 0.5) is 0 Å². The fourth-order valence-electron chi connectivity index (χ4n) is 2.05. The predicted octanol–water partition coefficient (Wildman–Crippen LogP) is 1.49. The lowest BCUT2D eigenvalue weighted by molar-refractivity contribution is -0.165. The second-order valence-corrected chi connectivity index (χ2v) is 7.15. The maximum Gasteiger partial charge on any atom is 0.335 e. The Balaban J connectivity index is 1.91. The van der Waals surface area contributed by atoms with Crippen molar-refractivity contribution in [3.05, 3.63) is 20.8 Å². The maximum atomic E-state index is 12.0. The van der Waals surface area contributed by atoms with Crippen molar-refractivity contribution in [1.82, 2.24) is 4.90 Å². The van der Waals surface area contributed by atoms with Crippen LogP contribution in [0.25, 0.3) is 0 Å². The number of aliphatic hydroxyl groups is 1. The minimum Gasteiger partial charge on any atom is -0.479 e. The highest BCUT2D eigenvalue weighted by Gasteiger charge is 2.40. The van der Waals surface area contributed by atoms with Gasteiger partial charge in [-0.3, -0.25) is 4.79 Å². The first-order valence-electron chi connectivity index (χ1n) is 5.88. The van der Waals surface area contributed by atoms with Gasteiger partial charge in [-0.2, -0.15) is 0 Å². The third-order valence-electron chi connectivity index (χ3n) is 3.30. The van der Waals surface area contributed by atoms with Gasteiger partial charge < -0.3 is 15.1 Å². The Bertz CT molecular complexity index is 494. The number of amides is 1. The molecule has 1 amide bonds. The fourth-order valence-corrected chi connectivity index (χ4v) is 3.52. The summed E-state index contributed by atoms with van der Waals surface area (Å²) >= 11 is 4.85. The van der Waals surface area contributed by atoms with Gasteiger partial charge in [0.1, 0.15) is 0 Å². The van der Waals surface area contributed by atoms with Gasteiger partial charge >= 0.3 is 5.97 Å². The molecule has 0 saturated carbocycles. The third kappa shape index (κ3) is 3.34. The van der Waals surface area contributed by atoms with Crippen molar-refractivity contribution in [3.63, 3.8) is 0 Å². The Morgan fingerprint density at radius 3 is 2.47 bits per heavy atom. The molecule has 0 spiro atoms. The molecule has 2 rings (SSSR count). The van der Waals surface area contributed by atoms with Crippen LogP contribution >= 0.6 is 27.3 Å². The normalized spacial score (nSPS) is 18.3. The van der Waals surface area contributed by atoms with Gasteiger partial charge in [-0.25, -0.2) is 4.79 Å². The molecule has 0 radical (unpaired) electrons. The zero-order chi connectivity index (χ0) is 14.0. The highest BCUT2D eigenvalue weighted by Crippen LogP contribution is 2.25. The van der Waals surface area contributed by atoms with Crippen LogP contribution in [0.2, 0.25) is 0 Å². The van der Waals surface area contributed by atoms with Gasteiger partial charge in [-0.05, 0) is 28.1 Å². The lowest BCUT2D eigenvalue weighted by Crippen LogP contribution is -2.51. The average Bonchev–Trinajstić information content (AvgIpc) is 2.75. The monoisotopic (exact) mass is 347 g/mol. The molecule has 0 aliphatic carbocycles. The first-order chi connectivity index (χ1) is 8.90. The first kappa shape index (κ1) is 14.5. The Hall–Kier alpha value is -0.920. The quantitative estimate of drug-likeness (QED) is 0.868. The van der Waals surface area contributed by atoms with Crippen molar-refractivity contribution in [2.75, 3.05) is 13.1 Å². The van der Waals surface area contributed by atoms with Crippen LogP contribution in [0.3, 0.4) is 0 Å². The number of hydrogen-bond donors (Lipinski definition) is 2. The summed E-state index contributed by atoms with van der Waals surface area (Å²) in [7, 11) is 0. The number of piperidine rings is 1. The van der Waals surface area contributed by atoms with Gasteiger partial charge in [0, 0.05) is 30.8 Å². The van der Waals surface area contributed by atoms with E-state index in [0.717, 1.165) is 8.66 Å². The van der Waals surface area contributed by atoms with Crippen molar-refractivity contribution in [2.24, 2.45) is 0 Å². The molecule has 0 aromatic carbocycles. The number of carboxylic acid groups (broad SMARTS) is 1. The number of thiophene rings is 1. The maximum absolute atomic E-state index is 12.0. The second-order valence-electron chi connectivity index (χ2n) is 4.60. The minimum atomic E-state index is -1.68. The van der Waals surface area contributed by atoms with Crippen LogP contribution in [0.1, 0.15) is 17.7 Å². The van der Waals surface area contributed by atoms with Crippen molar-refractivity contribution in [3.8, 4) is 0 Å². The van der Waals surface area contributed by atoms with Crippen LogP contribution in [-0.2, 0) is 16.0 Å². The number of likely N-dealkylation sites (tertiary alicyclic amines) is 1. The number of halogens is 1. The summed E-state index contributed by atoms with van der Waals surface area (Å²) in [6, 6.07) is 3.79. The summed E-state index contributed by atoms with van der Waals surface area (Å²) in [5, 5.41) is 18.7. The van der Waals surface area contributed by atoms with Gasteiger partial charge in [0.15, 0.2) is 5.60 Å². The lowest BCUT2D eigenvalue weighted by atomic mass is 9.91. The molecule has 1 aliphatic heterocycles. The van der Waals surface area contributed by atoms with E-state index in [1.807, 2.05) is 12.1 Å².